The van der Waals surface area contributed by atoms with E-state index in [0.717, 1.165) is 24.3 Å². The molecule has 0 saturated heterocycles. The Morgan fingerprint density at radius 3 is 2.61 bits per heavy atom. The lowest BCUT2D eigenvalue weighted by atomic mass is 9.96. The van der Waals surface area contributed by atoms with Crippen LogP contribution >= 0.6 is 11.6 Å². The Balaban J connectivity index is 1.55. The van der Waals surface area contributed by atoms with Crippen LogP contribution in [0, 0.1) is 0 Å². The van der Waals surface area contributed by atoms with E-state index in [2.05, 4.69) is 23.6 Å². The first-order chi connectivity index (χ1) is 13.4. The van der Waals surface area contributed by atoms with Crippen molar-refractivity contribution in [2.75, 3.05) is 6.54 Å². The highest BCUT2D eigenvalue weighted by atomic mass is 35.5. The molecule has 0 bridgehead atoms. The topological polar surface area (TPSA) is 84.2 Å². The van der Waals surface area contributed by atoms with Gasteiger partial charge in [0.1, 0.15) is 0 Å². The lowest BCUT2D eigenvalue weighted by molar-refractivity contribution is -0.117. The Labute approximate surface area is 170 Å². The van der Waals surface area contributed by atoms with Crippen LogP contribution < -0.4 is 16.4 Å². The molecule has 2 aromatic rings. The van der Waals surface area contributed by atoms with Gasteiger partial charge in [-0.05, 0) is 67.5 Å². The van der Waals surface area contributed by atoms with Gasteiger partial charge in [0.2, 0.25) is 5.91 Å². The zero-order valence-corrected chi connectivity index (χ0v) is 16.7. The third kappa shape index (κ3) is 5.33. The van der Waals surface area contributed by atoms with Crippen LogP contribution in [0.15, 0.2) is 48.5 Å². The van der Waals surface area contributed by atoms with E-state index in [1.165, 1.54) is 11.1 Å². The third-order valence-electron chi connectivity index (χ3n) is 5.33. The summed E-state index contributed by atoms with van der Waals surface area (Å²) >= 11 is 6.10. The summed E-state index contributed by atoms with van der Waals surface area (Å²) in [5.74, 6) is -0.361. The molecular weight excluding hydrogens is 374 g/mol. The molecule has 3 rings (SSSR count). The number of amides is 2. The number of nitrogens with two attached hydrogens (primary N) is 1. The van der Waals surface area contributed by atoms with Crippen LogP contribution in [-0.4, -0.2) is 24.4 Å². The SMILES string of the molecule is C[C@@H](N[C@H]1CC[C@@H](c2ccc(C(=O)NCC(N)=O)cc2)C1)c1cccc(Cl)c1. The Bertz CT molecular complexity index is 838. The number of carbonyl (C=O) groups is 2. The Morgan fingerprint density at radius 1 is 1.18 bits per heavy atom. The number of hydrogen-bond donors (Lipinski definition) is 3. The predicted molar refractivity (Wildman–Crippen MR) is 111 cm³/mol. The molecule has 0 aliphatic heterocycles. The van der Waals surface area contributed by atoms with E-state index in [-0.39, 0.29) is 18.5 Å². The first-order valence-electron chi connectivity index (χ1n) is 9.60. The summed E-state index contributed by atoms with van der Waals surface area (Å²) in [5, 5.41) is 6.97. The molecule has 5 nitrogen and oxygen atoms in total. The van der Waals surface area contributed by atoms with Gasteiger partial charge >= 0.3 is 0 Å². The first kappa shape index (κ1) is 20.4. The Hall–Kier alpha value is -2.37. The number of nitrogens with one attached hydrogen (secondary N) is 2. The second-order valence-corrected chi connectivity index (χ2v) is 7.86. The zero-order valence-electron chi connectivity index (χ0n) is 16.0. The maximum absolute atomic E-state index is 12.0. The number of benzene rings is 2. The number of hydrogen-bond acceptors (Lipinski definition) is 3. The molecule has 1 fully saturated rings. The summed E-state index contributed by atoms with van der Waals surface area (Å²) in [7, 11) is 0. The Kier molecular flexibility index (Phi) is 6.70. The number of halogens is 1. The summed E-state index contributed by atoms with van der Waals surface area (Å²) in [5.41, 5.74) is 8.02. The normalized spacial score (nSPS) is 19.9. The van der Waals surface area contributed by atoms with Gasteiger partial charge in [0.25, 0.3) is 5.91 Å². The average Bonchev–Trinajstić information content (AvgIpc) is 3.14. The highest BCUT2D eigenvalue weighted by Crippen LogP contribution is 2.35. The summed E-state index contributed by atoms with van der Waals surface area (Å²) < 4.78 is 0. The van der Waals surface area contributed by atoms with Crippen molar-refractivity contribution in [1.29, 1.82) is 0 Å². The minimum atomic E-state index is -0.554. The Morgan fingerprint density at radius 2 is 1.93 bits per heavy atom. The van der Waals surface area contributed by atoms with E-state index in [4.69, 9.17) is 17.3 Å². The molecule has 28 heavy (non-hydrogen) atoms. The minimum Gasteiger partial charge on any atom is -0.368 e. The van der Waals surface area contributed by atoms with Gasteiger partial charge in [0.05, 0.1) is 6.54 Å². The van der Waals surface area contributed by atoms with Crippen molar-refractivity contribution in [3.63, 3.8) is 0 Å². The zero-order chi connectivity index (χ0) is 20.1. The van der Waals surface area contributed by atoms with E-state index in [9.17, 15) is 9.59 Å². The molecule has 0 radical (unpaired) electrons. The third-order valence-corrected chi connectivity index (χ3v) is 5.57. The molecule has 4 N–H and O–H groups in total. The van der Waals surface area contributed by atoms with Crippen molar-refractivity contribution in [2.45, 2.75) is 44.2 Å². The fraction of sp³-hybridized carbons (Fsp3) is 0.364. The van der Waals surface area contributed by atoms with Gasteiger partial charge in [-0.15, -0.1) is 0 Å². The average molecular weight is 400 g/mol. The number of primary amides is 1. The summed E-state index contributed by atoms with van der Waals surface area (Å²) in [6.07, 6.45) is 3.31. The predicted octanol–water partition coefficient (Wildman–Crippen LogP) is 3.54. The van der Waals surface area contributed by atoms with Crippen LogP contribution in [0.3, 0.4) is 0 Å². The molecule has 1 aliphatic rings. The van der Waals surface area contributed by atoms with Crippen molar-refractivity contribution in [3.8, 4) is 0 Å². The van der Waals surface area contributed by atoms with Crippen LogP contribution in [0.25, 0.3) is 0 Å². The monoisotopic (exact) mass is 399 g/mol. The second-order valence-electron chi connectivity index (χ2n) is 7.42. The van der Waals surface area contributed by atoms with Crippen molar-refractivity contribution < 1.29 is 9.59 Å². The van der Waals surface area contributed by atoms with Gasteiger partial charge in [-0.1, -0.05) is 35.9 Å². The molecule has 6 heteroatoms. The lowest BCUT2D eigenvalue weighted by Gasteiger charge is -2.20. The van der Waals surface area contributed by atoms with Gasteiger partial charge in [0, 0.05) is 22.7 Å². The molecule has 3 atom stereocenters. The summed E-state index contributed by atoms with van der Waals surface area (Å²) in [6.45, 7) is 2.01. The molecule has 148 valence electrons. The van der Waals surface area contributed by atoms with Gasteiger partial charge in [0.15, 0.2) is 0 Å². The van der Waals surface area contributed by atoms with E-state index in [0.29, 0.717) is 17.5 Å². The number of rotatable bonds is 7. The van der Waals surface area contributed by atoms with Crippen molar-refractivity contribution in [3.05, 3.63) is 70.2 Å². The van der Waals surface area contributed by atoms with Crippen LogP contribution in [0.4, 0.5) is 0 Å². The van der Waals surface area contributed by atoms with Gasteiger partial charge in [-0.25, -0.2) is 0 Å². The largest absolute Gasteiger partial charge is 0.368 e. The van der Waals surface area contributed by atoms with Crippen molar-refractivity contribution in [2.24, 2.45) is 5.73 Å². The first-order valence-corrected chi connectivity index (χ1v) is 9.98. The van der Waals surface area contributed by atoms with E-state index in [1.54, 1.807) is 12.1 Å². The van der Waals surface area contributed by atoms with Crippen LogP contribution in [-0.2, 0) is 4.79 Å². The summed E-state index contributed by atoms with van der Waals surface area (Å²) in [6, 6.07) is 16.3. The number of carbonyl (C=O) groups excluding carboxylic acids is 2. The highest BCUT2D eigenvalue weighted by Gasteiger charge is 2.27. The second kappa shape index (κ2) is 9.22. The van der Waals surface area contributed by atoms with Crippen molar-refractivity contribution >= 4 is 23.4 Å². The molecule has 2 aromatic carbocycles. The molecule has 0 aromatic heterocycles. The van der Waals surface area contributed by atoms with Crippen LogP contribution in [0.2, 0.25) is 5.02 Å². The lowest BCUT2D eigenvalue weighted by Crippen LogP contribution is -2.33. The molecule has 0 heterocycles. The maximum Gasteiger partial charge on any atom is 0.251 e. The quantitative estimate of drug-likeness (QED) is 0.665. The van der Waals surface area contributed by atoms with E-state index < -0.39 is 5.91 Å². The van der Waals surface area contributed by atoms with E-state index >= 15 is 0 Å². The molecule has 0 spiro atoms. The molecule has 2 amide bonds. The van der Waals surface area contributed by atoms with Crippen LogP contribution in [0.5, 0.6) is 0 Å². The summed E-state index contributed by atoms with van der Waals surface area (Å²) in [4.78, 5) is 22.7. The van der Waals surface area contributed by atoms with Gasteiger partial charge in [-0.2, -0.15) is 0 Å². The molecule has 0 unspecified atom stereocenters. The van der Waals surface area contributed by atoms with Gasteiger partial charge < -0.3 is 16.4 Å². The molecular formula is C22H26ClN3O2. The van der Waals surface area contributed by atoms with E-state index in [1.807, 2.05) is 30.3 Å². The fourth-order valence-electron chi connectivity index (χ4n) is 3.84. The van der Waals surface area contributed by atoms with Crippen LogP contribution in [0.1, 0.15) is 59.6 Å². The highest BCUT2D eigenvalue weighted by molar-refractivity contribution is 6.30. The smallest absolute Gasteiger partial charge is 0.251 e. The maximum atomic E-state index is 12.0. The van der Waals surface area contributed by atoms with Gasteiger partial charge in [-0.3, -0.25) is 9.59 Å². The minimum absolute atomic E-state index is 0.151. The molecule has 1 saturated carbocycles. The fourth-order valence-corrected chi connectivity index (χ4v) is 4.04. The molecule has 1 aliphatic carbocycles. The standard InChI is InChI=1S/C22H26ClN3O2/c1-14(17-3-2-4-19(23)11-17)26-20-10-9-18(12-20)15-5-7-16(8-6-15)22(28)25-13-21(24)27/h2-8,11,14,18,20,26H,9-10,12-13H2,1H3,(H2,24,27)(H,25,28)/t14-,18-,20+/m1/s1. The van der Waals surface area contributed by atoms with Crippen molar-refractivity contribution in [1.82, 2.24) is 10.6 Å².